The molecule has 1 fully saturated rings. The molecule has 0 saturated carbocycles. The standard InChI is InChI=1S/C15H22O3/c1-11(2)8-13(16)9-15(3)6-4-14(18-15)12-5-7-17-10-12/h5,7,10-11,14H,4,6,8-9H2,1-3H3. The van der Waals surface area contributed by atoms with E-state index in [4.69, 9.17) is 9.15 Å². The van der Waals surface area contributed by atoms with Crippen molar-refractivity contribution in [2.45, 2.75) is 58.2 Å². The van der Waals surface area contributed by atoms with Crippen molar-refractivity contribution in [3.8, 4) is 0 Å². The molecule has 0 spiro atoms. The Morgan fingerprint density at radius 2 is 2.33 bits per heavy atom. The zero-order chi connectivity index (χ0) is 13.2. The number of Topliss-reactive ketones (excluding diaryl/α,β-unsaturated/α-hetero) is 1. The Labute approximate surface area is 109 Å². The number of ether oxygens (including phenoxy) is 1. The third kappa shape index (κ3) is 3.22. The summed E-state index contributed by atoms with van der Waals surface area (Å²) in [7, 11) is 0. The highest BCUT2D eigenvalue weighted by atomic mass is 16.5. The van der Waals surface area contributed by atoms with E-state index in [0.717, 1.165) is 18.4 Å². The molecule has 2 rings (SSSR count). The third-order valence-corrected chi connectivity index (χ3v) is 3.48. The molecule has 1 aliphatic rings. The van der Waals surface area contributed by atoms with Crippen molar-refractivity contribution < 1.29 is 13.9 Å². The lowest BCUT2D eigenvalue weighted by atomic mass is 9.92. The zero-order valence-corrected chi connectivity index (χ0v) is 11.4. The predicted octanol–water partition coefficient (Wildman–Crippen LogP) is 3.90. The molecule has 0 radical (unpaired) electrons. The molecule has 0 N–H and O–H groups in total. The first-order valence-corrected chi connectivity index (χ1v) is 6.70. The molecule has 0 bridgehead atoms. The van der Waals surface area contributed by atoms with Crippen LogP contribution in [0.1, 0.15) is 58.1 Å². The first-order valence-electron chi connectivity index (χ1n) is 6.70. The second-order valence-electron chi connectivity index (χ2n) is 5.97. The Morgan fingerprint density at radius 1 is 1.56 bits per heavy atom. The molecule has 0 amide bonds. The molecule has 2 atom stereocenters. The Kier molecular flexibility index (Phi) is 3.91. The average Bonchev–Trinajstić information content (AvgIpc) is 2.84. The van der Waals surface area contributed by atoms with Gasteiger partial charge in [-0.3, -0.25) is 4.79 Å². The van der Waals surface area contributed by atoms with E-state index in [9.17, 15) is 4.79 Å². The number of carbonyl (C=O) groups excluding carboxylic acids is 1. The van der Waals surface area contributed by atoms with Crippen LogP contribution >= 0.6 is 0 Å². The maximum absolute atomic E-state index is 11.9. The van der Waals surface area contributed by atoms with Crippen LogP contribution in [0.4, 0.5) is 0 Å². The van der Waals surface area contributed by atoms with E-state index in [-0.39, 0.29) is 11.7 Å². The van der Waals surface area contributed by atoms with E-state index >= 15 is 0 Å². The Hall–Kier alpha value is -1.09. The summed E-state index contributed by atoms with van der Waals surface area (Å²) < 4.78 is 11.1. The minimum Gasteiger partial charge on any atom is -0.472 e. The number of furan rings is 1. The average molecular weight is 250 g/mol. The van der Waals surface area contributed by atoms with Gasteiger partial charge < -0.3 is 9.15 Å². The largest absolute Gasteiger partial charge is 0.472 e. The van der Waals surface area contributed by atoms with Gasteiger partial charge >= 0.3 is 0 Å². The van der Waals surface area contributed by atoms with Crippen molar-refractivity contribution in [1.29, 1.82) is 0 Å². The number of hydrogen-bond donors (Lipinski definition) is 0. The van der Waals surface area contributed by atoms with Crippen molar-refractivity contribution >= 4 is 5.78 Å². The zero-order valence-electron chi connectivity index (χ0n) is 11.4. The predicted molar refractivity (Wildman–Crippen MR) is 69.3 cm³/mol. The van der Waals surface area contributed by atoms with Crippen LogP contribution in [-0.4, -0.2) is 11.4 Å². The molecule has 1 aromatic rings. The topological polar surface area (TPSA) is 39.4 Å². The minimum atomic E-state index is -0.298. The van der Waals surface area contributed by atoms with Gasteiger partial charge in [-0.15, -0.1) is 0 Å². The van der Waals surface area contributed by atoms with Crippen LogP contribution in [0.3, 0.4) is 0 Å². The molecule has 2 heterocycles. The molecule has 1 aliphatic heterocycles. The molecule has 3 heteroatoms. The number of ketones is 1. The molecule has 1 aromatic heterocycles. The van der Waals surface area contributed by atoms with Gasteiger partial charge in [0, 0.05) is 18.4 Å². The molecular formula is C15H22O3. The molecule has 0 aliphatic carbocycles. The van der Waals surface area contributed by atoms with Gasteiger partial charge in [-0.2, -0.15) is 0 Å². The molecule has 1 saturated heterocycles. The van der Waals surface area contributed by atoms with E-state index in [1.54, 1.807) is 12.5 Å². The lowest BCUT2D eigenvalue weighted by molar-refractivity contribution is -0.126. The highest BCUT2D eigenvalue weighted by molar-refractivity contribution is 5.79. The molecule has 2 unspecified atom stereocenters. The fraction of sp³-hybridized carbons (Fsp3) is 0.667. The Bertz CT molecular complexity index is 394. The van der Waals surface area contributed by atoms with Crippen molar-refractivity contribution in [2.75, 3.05) is 0 Å². The first-order chi connectivity index (χ1) is 8.48. The van der Waals surface area contributed by atoms with Crippen molar-refractivity contribution in [3.63, 3.8) is 0 Å². The second-order valence-corrected chi connectivity index (χ2v) is 5.97. The van der Waals surface area contributed by atoms with Gasteiger partial charge in [-0.1, -0.05) is 13.8 Å². The summed E-state index contributed by atoms with van der Waals surface area (Å²) in [5.41, 5.74) is 0.781. The van der Waals surface area contributed by atoms with Gasteiger partial charge in [0.1, 0.15) is 5.78 Å². The van der Waals surface area contributed by atoms with E-state index in [1.807, 2.05) is 13.0 Å². The van der Waals surface area contributed by atoms with Gasteiger partial charge in [0.25, 0.3) is 0 Å². The van der Waals surface area contributed by atoms with Crippen molar-refractivity contribution in [2.24, 2.45) is 5.92 Å². The minimum absolute atomic E-state index is 0.0839. The van der Waals surface area contributed by atoms with Crippen LogP contribution in [0.15, 0.2) is 23.0 Å². The molecule has 3 nitrogen and oxygen atoms in total. The van der Waals surface area contributed by atoms with Gasteiger partial charge in [0.05, 0.1) is 24.2 Å². The Balaban J connectivity index is 1.92. The van der Waals surface area contributed by atoms with Crippen LogP contribution in [0.5, 0.6) is 0 Å². The third-order valence-electron chi connectivity index (χ3n) is 3.48. The van der Waals surface area contributed by atoms with E-state index in [2.05, 4.69) is 13.8 Å². The molecule has 100 valence electrons. The monoisotopic (exact) mass is 250 g/mol. The van der Waals surface area contributed by atoms with Crippen LogP contribution in [-0.2, 0) is 9.53 Å². The number of carbonyl (C=O) groups is 1. The normalized spacial score (nSPS) is 27.9. The summed E-state index contributed by atoms with van der Waals surface area (Å²) in [4.78, 5) is 11.9. The van der Waals surface area contributed by atoms with Crippen LogP contribution < -0.4 is 0 Å². The smallest absolute Gasteiger partial charge is 0.136 e. The maximum atomic E-state index is 11.9. The lowest BCUT2D eigenvalue weighted by Crippen LogP contribution is -2.27. The lowest BCUT2D eigenvalue weighted by Gasteiger charge is -2.24. The number of hydrogen-bond acceptors (Lipinski definition) is 3. The number of rotatable bonds is 5. The van der Waals surface area contributed by atoms with Gasteiger partial charge in [-0.25, -0.2) is 0 Å². The van der Waals surface area contributed by atoms with Crippen molar-refractivity contribution in [3.05, 3.63) is 24.2 Å². The SMILES string of the molecule is CC(C)CC(=O)CC1(C)CCC(c2ccoc2)O1. The quantitative estimate of drug-likeness (QED) is 0.795. The summed E-state index contributed by atoms with van der Waals surface area (Å²) in [5, 5.41) is 0. The first kappa shape index (κ1) is 13.3. The van der Waals surface area contributed by atoms with Crippen LogP contribution in [0.25, 0.3) is 0 Å². The molecule has 18 heavy (non-hydrogen) atoms. The van der Waals surface area contributed by atoms with Gasteiger partial charge in [0.2, 0.25) is 0 Å². The van der Waals surface area contributed by atoms with Crippen LogP contribution in [0.2, 0.25) is 0 Å². The summed E-state index contributed by atoms with van der Waals surface area (Å²) in [6, 6.07) is 1.94. The van der Waals surface area contributed by atoms with E-state index in [0.29, 0.717) is 24.5 Å². The summed E-state index contributed by atoms with van der Waals surface area (Å²) in [5.74, 6) is 0.729. The second kappa shape index (κ2) is 5.27. The van der Waals surface area contributed by atoms with Gasteiger partial charge in [-0.05, 0) is 31.7 Å². The van der Waals surface area contributed by atoms with E-state index < -0.39 is 0 Å². The molecule has 0 aromatic carbocycles. The maximum Gasteiger partial charge on any atom is 0.136 e. The fourth-order valence-electron chi connectivity index (χ4n) is 2.67. The van der Waals surface area contributed by atoms with E-state index in [1.165, 1.54) is 0 Å². The summed E-state index contributed by atoms with van der Waals surface area (Å²) in [6.07, 6.45) is 6.55. The molecular weight excluding hydrogens is 228 g/mol. The summed E-state index contributed by atoms with van der Waals surface area (Å²) >= 11 is 0. The highest BCUT2D eigenvalue weighted by Crippen LogP contribution is 2.41. The Morgan fingerprint density at radius 3 is 2.94 bits per heavy atom. The summed E-state index contributed by atoms with van der Waals surface area (Å²) in [6.45, 7) is 6.19. The van der Waals surface area contributed by atoms with Gasteiger partial charge in [0.15, 0.2) is 0 Å². The fourth-order valence-corrected chi connectivity index (χ4v) is 2.67. The van der Waals surface area contributed by atoms with Crippen LogP contribution in [0, 0.1) is 5.92 Å². The highest BCUT2D eigenvalue weighted by Gasteiger charge is 2.38. The van der Waals surface area contributed by atoms with Crippen molar-refractivity contribution in [1.82, 2.24) is 0 Å².